The molecule has 0 atom stereocenters. The molecule has 4 nitrogen and oxygen atoms in total. The SMILES string of the molecule is CN(C)c1ccc(CNC(=O)CNC2CCCC2)cc1. The Morgan fingerprint density at radius 1 is 1.20 bits per heavy atom. The molecule has 2 rings (SSSR count). The van der Waals surface area contributed by atoms with Crippen LogP contribution < -0.4 is 15.5 Å². The van der Waals surface area contributed by atoms with E-state index in [1.165, 1.54) is 31.4 Å². The third kappa shape index (κ3) is 4.53. The maximum Gasteiger partial charge on any atom is 0.234 e. The van der Waals surface area contributed by atoms with Crippen molar-refractivity contribution in [2.45, 2.75) is 38.3 Å². The molecule has 0 radical (unpaired) electrons. The summed E-state index contributed by atoms with van der Waals surface area (Å²) in [6, 6.07) is 8.79. The number of carbonyl (C=O) groups is 1. The molecular formula is C16H25N3O. The lowest BCUT2D eigenvalue weighted by atomic mass is 10.2. The van der Waals surface area contributed by atoms with Crippen LogP contribution in [0.1, 0.15) is 31.2 Å². The highest BCUT2D eigenvalue weighted by molar-refractivity contribution is 5.78. The highest BCUT2D eigenvalue weighted by Gasteiger charge is 2.14. The maximum absolute atomic E-state index is 11.8. The second kappa shape index (κ2) is 7.29. The van der Waals surface area contributed by atoms with Crippen molar-refractivity contribution in [2.24, 2.45) is 0 Å². The third-order valence-corrected chi connectivity index (χ3v) is 3.85. The van der Waals surface area contributed by atoms with Gasteiger partial charge in [0.05, 0.1) is 6.54 Å². The van der Waals surface area contributed by atoms with Crippen molar-refractivity contribution in [3.05, 3.63) is 29.8 Å². The Bertz CT molecular complexity index is 422. The van der Waals surface area contributed by atoms with E-state index >= 15 is 0 Å². The molecule has 0 aromatic heterocycles. The average Bonchev–Trinajstić information content (AvgIpc) is 2.96. The van der Waals surface area contributed by atoms with E-state index in [2.05, 4.69) is 39.8 Å². The molecule has 1 aromatic carbocycles. The number of rotatable bonds is 6. The number of nitrogens with zero attached hydrogens (tertiary/aromatic N) is 1. The largest absolute Gasteiger partial charge is 0.378 e. The number of carbonyl (C=O) groups excluding carboxylic acids is 1. The van der Waals surface area contributed by atoms with E-state index in [-0.39, 0.29) is 5.91 Å². The predicted molar refractivity (Wildman–Crippen MR) is 82.9 cm³/mol. The summed E-state index contributed by atoms with van der Waals surface area (Å²) in [5, 5.41) is 6.28. The summed E-state index contributed by atoms with van der Waals surface area (Å²) in [7, 11) is 4.04. The van der Waals surface area contributed by atoms with Crippen LogP contribution in [0.15, 0.2) is 24.3 Å². The molecule has 2 N–H and O–H groups in total. The molecule has 20 heavy (non-hydrogen) atoms. The zero-order chi connectivity index (χ0) is 14.4. The van der Waals surface area contributed by atoms with Gasteiger partial charge in [-0.25, -0.2) is 0 Å². The van der Waals surface area contributed by atoms with Gasteiger partial charge in [0.25, 0.3) is 0 Å². The Morgan fingerprint density at radius 2 is 1.85 bits per heavy atom. The molecule has 0 bridgehead atoms. The van der Waals surface area contributed by atoms with Crippen LogP contribution >= 0.6 is 0 Å². The average molecular weight is 275 g/mol. The highest BCUT2D eigenvalue weighted by Crippen LogP contribution is 2.17. The van der Waals surface area contributed by atoms with E-state index < -0.39 is 0 Å². The highest BCUT2D eigenvalue weighted by atomic mass is 16.1. The Labute approximate surface area is 121 Å². The molecule has 0 aliphatic heterocycles. The van der Waals surface area contributed by atoms with Gasteiger partial charge in [-0.1, -0.05) is 25.0 Å². The molecule has 4 heteroatoms. The van der Waals surface area contributed by atoms with Crippen molar-refractivity contribution in [2.75, 3.05) is 25.5 Å². The molecule has 1 saturated carbocycles. The van der Waals surface area contributed by atoms with E-state index in [0.717, 1.165) is 5.56 Å². The van der Waals surface area contributed by atoms with Crippen LogP contribution in [0, 0.1) is 0 Å². The van der Waals surface area contributed by atoms with E-state index in [1.807, 2.05) is 14.1 Å². The molecule has 110 valence electrons. The first-order valence-corrected chi connectivity index (χ1v) is 7.41. The first-order valence-electron chi connectivity index (χ1n) is 7.41. The van der Waals surface area contributed by atoms with Crippen LogP contribution in [0.4, 0.5) is 5.69 Å². The number of hydrogen-bond acceptors (Lipinski definition) is 3. The van der Waals surface area contributed by atoms with Gasteiger partial charge in [-0.2, -0.15) is 0 Å². The van der Waals surface area contributed by atoms with Gasteiger partial charge in [-0.3, -0.25) is 4.79 Å². The van der Waals surface area contributed by atoms with Gasteiger partial charge >= 0.3 is 0 Å². The van der Waals surface area contributed by atoms with Crippen molar-refractivity contribution >= 4 is 11.6 Å². The first-order chi connectivity index (χ1) is 9.65. The summed E-state index contributed by atoms with van der Waals surface area (Å²) in [4.78, 5) is 13.8. The molecule has 1 aromatic rings. The van der Waals surface area contributed by atoms with Crippen LogP contribution in [-0.2, 0) is 11.3 Å². The lowest BCUT2D eigenvalue weighted by Crippen LogP contribution is -2.37. The molecule has 0 spiro atoms. The smallest absolute Gasteiger partial charge is 0.234 e. The fourth-order valence-corrected chi connectivity index (χ4v) is 2.54. The van der Waals surface area contributed by atoms with Crippen LogP contribution in [0.25, 0.3) is 0 Å². The monoisotopic (exact) mass is 275 g/mol. The minimum Gasteiger partial charge on any atom is -0.378 e. The fourth-order valence-electron chi connectivity index (χ4n) is 2.54. The summed E-state index contributed by atoms with van der Waals surface area (Å²) >= 11 is 0. The minimum absolute atomic E-state index is 0.0774. The molecule has 0 unspecified atom stereocenters. The molecular weight excluding hydrogens is 250 g/mol. The lowest BCUT2D eigenvalue weighted by molar-refractivity contribution is -0.120. The molecule has 1 fully saturated rings. The number of benzene rings is 1. The number of anilines is 1. The van der Waals surface area contributed by atoms with Gasteiger partial charge in [0.15, 0.2) is 0 Å². The van der Waals surface area contributed by atoms with Gasteiger partial charge in [-0.15, -0.1) is 0 Å². The van der Waals surface area contributed by atoms with Crippen LogP contribution in [-0.4, -0.2) is 32.6 Å². The lowest BCUT2D eigenvalue weighted by Gasteiger charge is -2.13. The topological polar surface area (TPSA) is 44.4 Å². The maximum atomic E-state index is 11.8. The van der Waals surface area contributed by atoms with Crippen molar-refractivity contribution in [3.63, 3.8) is 0 Å². The van der Waals surface area contributed by atoms with E-state index in [9.17, 15) is 4.79 Å². The fraction of sp³-hybridized carbons (Fsp3) is 0.562. The third-order valence-electron chi connectivity index (χ3n) is 3.85. The number of amides is 1. The molecule has 0 saturated heterocycles. The Kier molecular flexibility index (Phi) is 5.41. The van der Waals surface area contributed by atoms with Crippen LogP contribution in [0.3, 0.4) is 0 Å². The normalized spacial score (nSPS) is 15.3. The summed E-state index contributed by atoms with van der Waals surface area (Å²) in [5.74, 6) is 0.0774. The Balaban J connectivity index is 1.69. The zero-order valence-corrected chi connectivity index (χ0v) is 12.5. The van der Waals surface area contributed by atoms with Crippen molar-refractivity contribution < 1.29 is 4.79 Å². The zero-order valence-electron chi connectivity index (χ0n) is 12.5. The predicted octanol–water partition coefficient (Wildman–Crippen LogP) is 1.90. The second-order valence-corrected chi connectivity index (χ2v) is 5.70. The standard InChI is InChI=1S/C16H25N3O/c1-19(2)15-9-7-13(8-10-15)11-18-16(20)12-17-14-5-3-4-6-14/h7-10,14,17H,3-6,11-12H2,1-2H3,(H,18,20). The van der Waals surface area contributed by atoms with Crippen molar-refractivity contribution in [1.82, 2.24) is 10.6 Å². The van der Waals surface area contributed by atoms with E-state index in [4.69, 9.17) is 0 Å². The van der Waals surface area contributed by atoms with Gasteiger partial charge in [0.2, 0.25) is 5.91 Å². The summed E-state index contributed by atoms with van der Waals surface area (Å²) in [6.07, 6.45) is 4.99. The molecule has 1 aliphatic rings. The summed E-state index contributed by atoms with van der Waals surface area (Å²) in [6.45, 7) is 1.03. The molecule has 1 aliphatic carbocycles. The van der Waals surface area contributed by atoms with Gasteiger partial charge in [0, 0.05) is 32.4 Å². The van der Waals surface area contributed by atoms with Crippen molar-refractivity contribution in [1.29, 1.82) is 0 Å². The van der Waals surface area contributed by atoms with Gasteiger partial charge in [-0.05, 0) is 30.5 Å². The number of nitrogens with one attached hydrogen (secondary N) is 2. The van der Waals surface area contributed by atoms with Gasteiger partial charge < -0.3 is 15.5 Å². The van der Waals surface area contributed by atoms with Gasteiger partial charge in [0.1, 0.15) is 0 Å². The van der Waals surface area contributed by atoms with Crippen LogP contribution in [0.2, 0.25) is 0 Å². The summed E-state index contributed by atoms with van der Waals surface area (Å²) < 4.78 is 0. The van der Waals surface area contributed by atoms with E-state index in [0.29, 0.717) is 19.1 Å². The molecule has 0 heterocycles. The molecule has 1 amide bonds. The Morgan fingerprint density at radius 3 is 2.45 bits per heavy atom. The minimum atomic E-state index is 0.0774. The second-order valence-electron chi connectivity index (χ2n) is 5.70. The first kappa shape index (κ1) is 14.9. The van der Waals surface area contributed by atoms with Crippen molar-refractivity contribution in [3.8, 4) is 0 Å². The Hall–Kier alpha value is -1.55. The van der Waals surface area contributed by atoms with E-state index in [1.54, 1.807) is 0 Å². The summed E-state index contributed by atoms with van der Waals surface area (Å²) in [5.41, 5.74) is 2.30. The van der Waals surface area contributed by atoms with Crippen LogP contribution in [0.5, 0.6) is 0 Å². The number of hydrogen-bond donors (Lipinski definition) is 2. The quantitative estimate of drug-likeness (QED) is 0.833.